The summed E-state index contributed by atoms with van der Waals surface area (Å²) in [6.45, 7) is 1.15. The average Bonchev–Trinajstić information content (AvgIpc) is 3.12. The van der Waals surface area contributed by atoms with Crippen molar-refractivity contribution in [2.75, 3.05) is 24.6 Å². The van der Waals surface area contributed by atoms with Crippen LogP contribution in [-0.2, 0) is 16.9 Å². The third-order valence-corrected chi connectivity index (χ3v) is 6.87. The predicted molar refractivity (Wildman–Crippen MR) is 96.1 cm³/mol. The number of carbonyl (C=O) groups is 1. The van der Waals surface area contributed by atoms with Gasteiger partial charge in [0.25, 0.3) is 5.91 Å². The number of hydrogen-bond acceptors (Lipinski definition) is 4. The predicted octanol–water partition coefficient (Wildman–Crippen LogP) is 0.903. The van der Waals surface area contributed by atoms with Crippen LogP contribution in [0.5, 0.6) is 0 Å². The molecule has 2 saturated heterocycles. The van der Waals surface area contributed by atoms with Gasteiger partial charge in [-0.3, -0.25) is 4.79 Å². The Morgan fingerprint density at radius 2 is 1.88 bits per heavy atom. The van der Waals surface area contributed by atoms with Crippen LogP contribution in [0.1, 0.15) is 10.5 Å². The minimum Gasteiger partial charge on any atom is -0.340 e. The number of sulfone groups is 1. The van der Waals surface area contributed by atoms with Gasteiger partial charge < -0.3 is 14.8 Å². The quantitative estimate of drug-likeness (QED) is 0.865. The zero-order valence-electron chi connectivity index (χ0n) is 14.1. The molecule has 1 aromatic heterocycles. The van der Waals surface area contributed by atoms with Gasteiger partial charge in [-0.1, -0.05) is 30.3 Å². The molecular formula is C18H21N3O3S. The first-order chi connectivity index (χ1) is 12.0. The first-order valence-corrected chi connectivity index (χ1v) is 10.2. The Labute approximate surface area is 147 Å². The number of fused-ring (bicyclic) bond motifs is 1. The molecule has 0 aliphatic carbocycles. The van der Waals surface area contributed by atoms with E-state index < -0.39 is 9.84 Å². The second-order valence-corrected chi connectivity index (χ2v) is 8.89. The van der Waals surface area contributed by atoms with Crippen LogP contribution in [0.4, 0.5) is 0 Å². The number of nitrogens with one attached hydrogen (secondary N) is 1. The van der Waals surface area contributed by atoms with Gasteiger partial charge >= 0.3 is 0 Å². The van der Waals surface area contributed by atoms with Crippen LogP contribution in [-0.4, -0.2) is 60.5 Å². The zero-order chi connectivity index (χ0) is 17.6. The third kappa shape index (κ3) is 2.87. The molecule has 2 aliphatic heterocycles. The number of rotatable bonds is 2. The molecule has 7 heteroatoms. The van der Waals surface area contributed by atoms with Crippen molar-refractivity contribution in [3.63, 3.8) is 0 Å². The Bertz CT molecular complexity index is 905. The molecule has 0 unspecified atom stereocenters. The first kappa shape index (κ1) is 16.4. The Morgan fingerprint density at radius 3 is 2.64 bits per heavy atom. The monoisotopic (exact) mass is 359 g/mol. The number of amides is 1. The van der Waals surface area contributed by atoms with Crippen LogP contribution in [0.15, 0.2) is 42.5 Å². The minimum absolute atomic E-state index is 0.0480. The molecule has 1 aromatic carbocycles. The van der Waals surface area contributed by atoms with E-state index in [2.05, 4.69) is 5.32 Å². The van der Waals surface area contributed by atoms with Gasteiger partial charge in [0.1, 0.15) is 5.69 Å². The summed E-state index contributed by atoms with van der Waals surface area (Å²) in [4.78, 5) is 14.8. The van der Waals surface area contributed by atoms with Crippen molar-refractivity contribution in [2.24, 2.45) is 7.05 Å². The van der Waals surface area contributed by atoms with Gasteiger partial charge in [-0.2, -0.15) is 0 Å². The summed E-state index contributed by atoms with van der Waals surface area (Å²) in [6, 6.07) is 13.2. The lowest BCUT2D eigenvalue weighted by Gasteiger charge is -2.37. The molecule has 3 heterocycles. The first-order valence-electron chi connectivity index (χ1n) is 8.42. The number of hydrogen-bond donors (Lipinski definition) is 1. The largest absolute Gasteiger partial charge is 0.340 e. The van der Waals surface area contributed by atoms with Gasteiger partial charge in [0.15, 0.2) is 9.84 Å². The van der Waals surface area contributed by atoms with E-state index in [0.717, 1.165) is 11.3 Å². The molecule has 25 heavy (non-hydrogen) atoms. The fourth-order valence-corrected chi connectivity index (χ4v) is 5.85. The lowest BCUT2D eigenvalue weighted by molar-refractivity contribution is 0.0612. The van der Waals surface area contributed by atoms with Crippen LogP contribution in [0.25, 0.3) is 11.3 Å². The highest BCUT2D eigenvalue weighted by Crippen LogP contribution is 2.26. The molecule has 1 N–H and O–H groups in total. The maximum atomic E-state index is 13.1. The van der Waals surface area contributed by atoms with Crippen molar-refractivity contribution in [3.05, 3.63) is 48.2 Å². The standard InChI is InChI=1S/C18H21N3O3S/c1-20-15(13-5-3-2-4-6-13)7-8-16(20)18(22)21-10-9-19-14-11-25(23,24)12-17(14)21/h2-8,14,17,19H,9-12H2,1H3/t14-,17+/m1/s1. The molecule has 0 spiro atoms. The van der Waals surface area contributed by atoms with Crippen LogP contribution < -0.4 is 5.32 Å². The zero-order valence-corrected chi connectivity index (χ0v) is 14.9. The SMILES string of the molecule is Cn1c(C(=O)N2CCN[C@@H]3CS(=O)(=O)C[C@@H]32)ccc1-c1ccccc1. The third-order valence-electron chi connectivity index (χ3n) is 5.15. The van der Waals surface area contributed by atoms with Crippen molar-refractivity contribution in [2.45, 2.75) is 12.1 Å². The Kier molecular flexibility index (Phi) is 3.92. The maximum Gasteiger partial charge on any atom is 0.270 e. The van der Waals surface area contributed by atoms with Crippen molar-refractivity contribution in [1.82, 2.24) is 14.8 Å². The number of carbonyl (C=O) groups excluding carboxylic acids is 1. The van der Waals surface area contributed by atoms with Crippen molar-refractivity contribution in [3.8, 4) is 11.3 Å². The summed E-state index contributed by atoms with van der Waals surface area (Å²) >= 11 is 0. The van der Waals surface area contributed by atoms with E-state index in [0.29, 0.717) is 18.8 Å². The van der Waals surface area contributed by atoms with E-state index >= 15 is 0 Å². The lowest BCUT2D eigenvalue weighted by atomic mass is 10.1. The molecule has 0 bridgehead atoms. The Morgan fingerprint density at radius 1 is 1.12 bits per heavy atom. The van der Waals surface area contributed by atoms with Gasteiger partial charge in [-0.15, -0.1) is 0 Å². The molecule has 4 rings (SSSR count). The van der Waals surface area contributed by atoms with E-state index in [1.54, 1.807) is 4.90 Å². The highest BCUT2D eigenvalue weighted by Gasteiger charge is 2.45. The molecule has 2 atom stereocenters. The molecule has 132 valence electrons. The summed E-state index contributed by atoms with van der Waals surface area (Å²) in [5, 5.41) is 3.24. The fraction of sp³-hybridized carbons (Fsp3) is 0.389. The summed E-state index contributed by atoms with van der Waals surface area (Å²) in [5.41, 5.74) is 2.60. The lowest BCUT2D eigenvalue weighted by Crippen LogP contribution is -2.59. The van der Waals surface area contributed by atoms with Crippen molar-refractivity contribution in [1.29, 1.82) is 0 Å². The van der Waals surface area contributed by atoms with E-state index in [1.807, 2.05) is 54.1 Å². The minimum atomic E-state index is -3.09. The summed E-state index contributed by atoms with van der Waals surface area (Å²) in [7, 11) is -1.21. The van der Waals surface area contributed by atoms with Crippen LogP contribution in [0.3, 0.4) is 0 Å². The Balaban J connectivity index is 1.64. The topological polar surface area (TPSA) is 71.4 Å². The second-order valence-electron chi connectivity index (χ2n) is 6.73. The smallest absolute Gasteiger partial charge is 0.270 e. The van der Waals surface area contributed by atoms with Crippen LogP contribution in [0.2, 0.25) is 0 Å². The number of nitrogens with zero attached hydrogens (tertiary/aromatic N) is 2. The maximum absolute atomic E-state index is 13.1. The Hall–Kier alpha value is -2.12. The molecule has 0 saturated carbocycles. The van der Waals surface area contributed by atoms with Gasteiger partial charge in [0, 0.05) is 31.9 Å². The average molecular weight is 359 g/mol. The number of aromatic nitrogens is 1. The van der Waals surface area contributed by atoms with E-state index in [1.165, 1.54) is 0 Å². The highest BCUT2D eigenvalue weighted by molar-refractivity contribution is 7.91. The summed E-state index contributed by atoms with van der Waals surface area (Å²) < 4.78 is 25.8. The van der Waals surface area contributed by atoms with Gasteiger partial charge in [0.05, 0.1) is 17.5 Å². The highest BCUT2D eigenvalue weighted by atomic mass is 32.2. The van der Waals surface area contributed by atoms with Crippen molar-refractivity contribution >= 4 is 15.7 Å². The van der Waals surface area contributed by atoms with Crippen LogP contribution >= 0.6 is 0 Å². The fourth-order valence-electron chi connectivity index (χ4n) is 3.89. The number of piperazine rings is 1. The van der Waals surface area contributed by atoms with E-state index in [-0.39, 0.29) is 29.5 Å². The van der Waals surface area contributed by atoms with E-state index in [9.17, 15) is 13.2 Å². The summed E-state index contributed by atoms with van der Waals surface area (Å²) in [5.74, 6) is 0.0641. The van der Waals surface area contributed by atoms with Gasteiger partial charge in [-0.05, 0) is 17.7 Å². The molecular weight excluding hydrogens is 338 g/mol. The van der Waals surface area contributed by atoms with Crippen LogP contribution in [0, 0.1) is 0 Å². The second kappa shape index (κ2) is 6.00. The van der Waals surface area contributed by atoms with E-state index in [4.69, 9.17) is 0 Å². The molecule has 2 aliphatic rings. The van der Waals surface area contributed by atoms with Crippen molar-refractivity contribution < 1.29 is 13.2 Å². The molecule has 2 aromatic rings. The number of benzene rings is 1. The van der Waals surface area contributed by atoms with Gasteiger partial charge in [0.2, 0.25) is 0 Å². The molecule has 1 amide bonds. The molecule has 6 nitrogen and oxygen atoms in total. The summed E-state index contributed by atoms with van der Waals surface area (Å²) in [6.07, 6.45) is 0. The van der Waals surface area contributed by atoms with Gasteiger partial charge in [-0.25, -0.2) is 8.42 Å². The molecule has 0 radical (unpaired) electrons. The normalized spacial score (nSPS) is 24.9. The molecule has 2 fully saturated rings.